The first-order valence-corrected chi connectivity index (χ1v) is 5.13. The van der Waals surface area contributed by atoms with Crippen molar-refractivity contribution in [2.24, 2.45) is 5.41 Å². The molecule has 0 aliphatic rings. The van der Waals surface area contributed by atoms with E-state index >= 15 is 0 Å². The summed E-state index contributed by atoms with van der Waals surface area (Å²) in [6, 6.07) is 4.07. The predicted octanol–water partition coefficient (Wildman–Crippen LogP) is 1.57. The molecule has 1 rings (SSSR count). The second-order valence-electron chi connectivity index (χ2n) is 3.71. The van der Waals surface area contributed by atoms with E-state index in [2.05, 4.69) is 0 Å². The summed E-state index contributed by atoms with van der Waals surface area (Å²) in [5.74, 6) is -5.12. The van der Waals surface area contributed by atoms with Crippen molar-refractivity contribution in [2.45, 2.75) is 13.3 Å². The Balaban J connectivity index is 3.31. The maximum absolute atomic E-state index is 12.7. The van der Waals surface area contributed by atoms with Gasteiger partial charge in [0.25, 0.3) is 0 Å². The Morgan fingerprint density at radius 3 is 1.89 bits per heavy atom. The summed E-state index contributed by atoms with van der Waals surface area (Å²) in [5.41, 5.74) is -2.68. The van der Waals surface area contributed by atoms with Crippen LogP contribution in [-0.2, 0) is 9.59 Å². The van der Waals surface area contributed by atoms with Crippen LogP contribution < -0.4 is 0 Å². The topological polar surface area (TPSA) is 91.7 Å². The number of hydrogen-bond donors (Lipinski definition) is 2. The maximum atomic E-state index is 12.7. The number of aliphatic carboxylic acids is 2. The summed E-state index contributed by atoms with van der Waals surface area (Å²) in [4.78, 5) is 34.2. The van der Waals surface area contributed by atoms with E-state index in [1.54, 1.807) is 0 Å². The third kappa shape index (κ3) is 2.09. The standard InChI is InChI=1S/C12H11FO5/c1-2-12(10(15)16,11(17)18)9(14)7-3-5-8(13)6-4-7/h3-6H,2H2,1H3,(H,15,16)(H,17,18). The number of carboxylic acid groups (broad SMARTS) is 2. The number of halogens is 1. The molecule has 0 amide bonds. The van der Waals surface area contributed by atoms with Crippen LogP contribution in [0.15, 0.2) is 24.3 Å². The molecule has 0 saturated heterocycles. The zero-order valence-electron chi connectivity index (χ0n) is 9.51. The molecule has 0 fully saturated rings. The first-order chi connectivity index (χ1) is 8.36. The van der Waals surface area contributed by atoms with E-state index < -0.39 is 35.4 Å². The van der Waals surface area contributed by atoms with Crippen LogP contribution in [0.4, 0.5) is 4.39 Å². The Bertz CT molecular complexity index is 478. The molecule has 1 aromatic rings. The minimum absolute atomic E-state index is 0.150. The lowest BCUT2D eigenvalue weighted by Gasteiger charge is -2.21. The first-order valence-electron chi connectivity index (χ1n) is 5.13. The lowest BCUT2D eigenvalue weighted by atomic mass is 9.78. The van der Waals surface area contributed by atoms with Gasteiger partial charge in [0.1, 0.15) is 5.82 Å². The summed E-state index contributed by atoms with van der Waals surface area (Å²) < 4.78 is 12.7. The van der Waals surface area contributed by atoms with Gasteiger partial charge in [-0.3, -0.25) is 14.4 Å². The minimum Gasteiger partial charge on any atom is -0.480 e. The molecule has 0 aliphatic carbocycles. The van der Waals surface area contributed by atoms with Gasteiger partial charge in [-0.2, -0.15) is 0 Å². The van der Waals surface area contributed by atoms with Crippen LogP contribution in [0.25, 0.3) is 0 Å². The number of carbonyl (C=O) groups is 3. The summed E-state index contributed by atoms with van der Waals surface area (Å²) in [6.45, 7) is 1.30. The third-order valence-electron chi connectivity index (χ3n) is 2.75. The van der Waals surface area contributed by atoms with Gasteiger partial charge in [0, 0.05) is 5.56 Å². The van der Waals surface area contributed by atoms with E-state index in [-0.39, 0.29) is 5.56 Å². The van der Waals surface area contributed by atoms with E-state index in [0.717, 1.165) is 24.3 Å². The molecule has 6 heteroatoms. The number of benzene rings is 1. The molecule has 0 spiro atoms. The zero-order valence-corrected chi connectivity index (χ0v) is 9.51. The molecule has 96 valence electrons. The molecular formula is C12H11FO5. The highest BCUT2D eigenvalue weighted by atomic mass is 19.1. The maximum Gasteiger partial charge on any atom is 0.329 e. The SMILES string of the molecule is CCC(C(=O)O)(C(=O)O)C(=O)c1ccc(F)cc1. The fourth-order valence-corrected chi connectivity index (χ4v) is 1.60. The second-order valence-corrected chi connectivity index (χ2v) is 3.71. The molecule has 18 heavy (non-hydrogen) atoms. The second kappa shape index (κ2) is 4.95. The van der Waals surface area contributed by atoms with Crippen molar-refractivity contribution in [1.29, 1.82) is 0 Å². The molecule has 5 nitrogen and oxygen atoms in total. The van der Waals surface area contributed by atoms with Crippen LogP contribution in [0, 0.1) is 11.2 Å². The molecule has 0 atom stereocenters. The van der Waals surface area contributed by atoms with Crippen LogP contribution in [0.1, 0.15) is 23.7 Å². The average molecular weight is 254 g/mol. The van der Waals surface area contributed by atoms with Crippen LogP contribution in [-0.4, -0.2) is 27.9 Å². The smallest absolute Gasteiger partial charge is 0.329 e. The van der Waals surface area contributed by atoms with Gasteiger partial charge < -0.3 is 10.2 Å². The van der Waals surface area contributed by atoms with Crippen molar-refractivity contribution >= 4 is 17.7 Å². The van der Waals surface area contributed by atoms with E-state index in [0.29, 0.717) is 0 Å². The monoisotopic (exact) mass is 254 g/mol. The van der Waals surface area contributed by atoms with E-state index in [9.17, 15) is 18.8 Å². The van der Waals surface area contributed by atoms with Crippen molar-refractivity contribution in [1.82, 2.24) is 0 Å². The van der Waals surface area contributed by atoms with E-state index in [1.165, 1.54) is 6.92 Å². The number of Topliss-reactive ketones (excluding diaryl/α,β-unsaturated/α-hetero) is 1. The minimum atomic E-state index is -2.53. The van der Waals surface area contributed by atoms with Crippen LogP contribution in [0.3, 0.4) is 0 Å². The van der Waals surface area contributed by atoms with E-state index in [4.69, 9.17) is 10.2 Å². The molecule has 2 N–H and O–H groups in total. The molecule has 0 unspecified atom stereocenters. The van der Waals surface area contributed by atoms with Crippen molar-refractivity contribution in [3.8, 4) is 0 Å². The fraction of sp³-hybridized carbons (Fsp3) is 0.250. The largest absolute Gasteiger partial charge is 0.480 e. The van der Waals surface area contributed by atoms with Gasteiger partial charge in [0.2, 0.25) is 5.41 Å². The number of rotatable bonds is 5. The molecule has 0 aromatic heterocycles. The average Bonchev–Trinajstić information content (AvgIpc) is 2.30. The first kappa shape index (κ1) is 13.8. The van der Waals surface area contributed by atoms with Crippen molar-refractivity contribution in [3.05, 3.63) is 35.6 Å². The van der Waals surface area contributed by atoms with Crippen molar-refractivity contribution in [3.63, 3.8) is 0 Å². The Morgan fingerprint density at radius 2 is 1.56 bits per heavy atom. The summed E-state index contributed by atoms with van der Waals surface area (Å²) >= 11 is 0. The highest BCUT2D eigenvalue weighted by Crippen LogP contribution is 2.28. The van der Waals surface area contributed by atoms with E-state index in [1.807, 2.05) is 0 Å². The molecule has 0 radical (unpaired) electrons. The highest BCUT2D eigenvalue weighted by Gasteiger charge is 2.52. The van der Waals surface area contributed by atoms with Gasteiger partial charge in [-0.15, -0.1) is 0 Å². The van der Waals surface area contributed by atoms with Crippen LogP contribution >= 0.6 is 0 Å². The fourth-order valence-electron chi connectivity index (χ4n) is 1.60. The van der Waals surface area contributed by atoms with Gasteiger partial charge in [0.15, 0.2) is 5.78 Å². The lowest BCUT2D eigenvalue weighted by molar-refractivity contribution is -0.160. The Hall–Kier alpha value is -2.24. The Kier molecular flexibility index (Phi) is 3.80. The molecule has 0 heterocycles. The predicted molar refractivity (Wildman–Crippen MR) is 58.7 cm³/mol. The normalized spacial score (nSPS) is 11.0. The van der Waals surface area contributed by atoms with Gasteiger partial charge in [-0.1, -0.05) is 6.92 Å². The summed E-state index contributed by atoms with van der Waals surface area (Å²) in [7, 11) is 0. The molecule has 0 saturated carbocycles. The summed E-state index contributed by atoms with van der Waals surface area (Å²) in [5, 5.41) is 18.0. The number of ketones is 1. The van der Waals surface area contributed by atoms with Crippen LogP contribution in [0.2, 0.25) is 0 Å². The number of hydrogen-bond acceptors (Lipinski definition) is 3. The molecule has 0 aliphatic heterocycles. The van der Waals surface area contributed by atoms with Gasteiger partial charge in [-0.25, -0.2) is 4.39 Å². The van der Waals surface area contributed by atoms with Crippen LogP contribution in [0.5, 0.6) is 0 Å². The van der Waals surface area contributed by atoms with Gasteiger partial charge in [0.05, 0.1) is 0 Å². The molecule has 0 bridgehead atoms. The number of carboxylic acids is 2. The molecule has 1 aromatic carbocycles. The zero-order chi connectivity index (χ0) is 13.9. The Morgan fingerprint density at radius 1 is 1.11 bits per heavy atom. The summed E-state index contributed by atoms with van der Waals surface area (Å²) in [6.07, 6.45) is -0.395. The van der Waals surface area contributed by atoms with Gasteiger partial charge in [-0.05, 0) is 30.7 Å². The molecular weight excluding hydrogens is 243 g/mol. The highest BCUT2D eigenvalue weighted by molar-refractivity contribution is 6.24. The van der Waals surface area contributed by atoms with Crippen molar-refractivity contribution in [2.75, 3.05) is 0 Å². The number of carbonyl (C=O) groups excluding carboxylic acids is 1. The Labute approximate surface area is 102 Å². The quantitative estimate of drug-likeness (QED) is 0.614. The third-order valence-corrected chi connectivity index (χ3v) is 2.75. The lowest BCUT2D eigenvalue weighted by Crippen LogP contribution is -2.46. The van der Waals surface area contributed by atoms with Crippen molar-refractivity contribution < 1.29 is 29.0 Å². The van der Waals surface area contributed by atoms with Gasteiger partial charge >= 0.3 is 11.9 Å².